The molecule has 0 bridgehead atoms. The fourth-order valence-corrected chi connectivity index (χ4v) is 4.80. The van der Waals surface area contributed by atoms with E-state index in [2.05, 4.69) is 5.32 Å². The predicted octanol–water partition coefficient (Wildman–Crippen LogP) is 4.59. The number of phenols is 1. The van der Waals surface area contributed by atoms with Crippen LogP contribution in [-0.4, -0.2) is 33.3 Å². The Bertz CT molecular complexity index is 1290. The summed E-state index contributed by atoms with van der Waals surface area (Å²) in [5.74, 6) is -3.48. The van der Waals surface area contributed by atoms with Gasteiger partial charge in [0.25, 0.3) is 0 Å². The van der Waals surface area contributed by atoms with E-state index in [1.165, 1.54) is 37.4 Å². The summed E-state index contributed by atoms with van der Waals surface area (Å²) < 4.78 is 30.0. The molecule has 3 atom stereocenters. The minimum Gasteiger partial charge on any atom is -0.508 e. The molecule has 178 valence electrons. The van der Waals surface area contributed by atoms with E-state index < -0.39 is 29.7 Å². The molecule has 2 aromatic carbocycles. The molecule has 1 heterocycles. The van der Waals surface area contributed by atoms with Gasteiger partial charge in [-0.3, -0.25) is 14.4 Å². The molecule has 1 aromatic heterocycles. The number of alkyl halides is 1. The van der Waals surface area contributed by atoms with Crippen molar-refractivity contribution in [2.24, 2.45) is 11.8 Å². The van der Waals surface area contributed by atoms with Crippen molar-refractivity contribution in [3.8, 4) is 5.75 Å². The van der Waals surface area contributed by atoms with Gasteiger partial charge in [0, 0.05) is 40.7 Å². The highest BCUT2D eigenvalue weighted by Crippen LogP contribution is 2.36. The molecule has 9 heteroatoms. The van der Waals surface area contributed by atoms with Crippen LogP contribution in [-0.2, 0) is 22.7 Å². The van der Waals surface area contributed by atoms with Crippen LogP contribution in [0.3, 0.4) is 0 Å². The molecule has 1 aliphatic carbocycles. The number of nitrogens with zero attached hydrogens (tertiary/aromatic N) is 1. The van der Waals surface area contributed by atoms with Gasteiger partial charge in [-0.1, -0.05) is 23.7 Å². The number of carbonyl (C=O) groups is 3. The average molecular weight is 489 g/mol. The number of phenolic OH excluding ortho intramolecular Hbond substituents is 1. The second-order valence-electron chi connectivity index (χ2n) is 8.61. The monoisotopic (exact) mass is 488 g/mol. The first-order valence-electron chi connectivity index (χ1n) is 10.9. The molecular formula is C25H23ClF2N2O4. The first-order valence-corrected chi connectivity index (χ1v) is 11.2. The zero-order valence-electron chi connectivity index (χ0n) is 18.4. The normalized spacial score (nSPS) is 19.9. The standard InChI is InChI=1S/C25H23ClF2N2O4/c1-13(31)20-11-30(22-6-5-16(32)9-17(20)22)12-23(33)18-7-15(27)8-19(18)25(34)29-10-14-3-2-4-21(26)24(14)28/h2-6,9,11,15,18-19,32H,7-8,10,12H2,1H3,(H,29,34)/t15-,18?,19+/m0/s1. The van der Waals surface area contributed by atoms with E-state index in [0.29, 0.717) is 16.5 Å². The van der Waals surface area contributed by atoms with Gasteiger partial charge < -0.3 is 15.0 Å². The van der Waals surface area contributed by atoms with Gasteiger partial charge in [0.2, 0.25) is 5.91 Å². The van der Waals surface area contributed by atoms with E-state index in [-0.39, 0.29) is 53.8 Å². The fraction of sp³-hybridized carbons (Fsp3) is 0.320. The lowest BCUT2D eigenvalue weighted by Gasteiger charge is -2.18. The Kier molecular flexibility index (Phi) is 6.70. The molecule has 0 aliphatic heterocycles. The largest absolute Gasteiger partial charge is 0.508 e. The van der Waals surface area contributed by atoms with Gasteiger partial charge in [0.05, 0.1) is 17.5 Å². The van der Waals surface area contributed by atoms with Gasteiger partial charge in [-0.2, -0.15) is 0 Å². The second kappa shape index (κ2) is 9.54. The van der Waals surface area contributed by atoms with Crippen molar-refractivity contribution >= 4 is 40.0 Å². The van der Waals surface area contributed by atoms with Crippen molar-refractivity contribution in [1.82, 2.24) is 9.88 Å². The summed E-state index contributed by atoms with van der Waals surface area (Å²) in [6, 6.07) is 8.93. The summed E-state index contributed by atoms with van der Waals surface area (Å²) >= 11 is 5.77. The highest BCUT2D eigenvalue weighted by molar-refractivity contribution is 6.30. The Morgan fingerprint density at radius 3 is 2.65 bits per heavy atom. The number of aromatic hydroxyl groups is 1. The number of fused-ring (bicyclic) bond motifs is 1. The molecule has 34 heavy (non-hydrogen) atoms. The highest BCUT2D eigenvalue weighted by atomic mass is 35.5. The average Bonchev–Trinajstić information content (AvgIpc) is 3.35. The van der Waals surface area contributed by atoms with Gasteiger partial charge in [-0.15, -0.1) is 0 Å². The van der Waals surface area contributed by atoms with E-state index in [4.69, 9.17) is 11.6 Å². The van der Waals surface area contributed by atoms with Crippen LogP contribution < -0.4 is 5.32 Å². The number of halogens is 3. The molecule has 1 saturated carbocycles. The lowest BCUT2D eigenvalue weighted by atomic mass is 9.91. The topological polar surface area (TPSA) is 88.4 Å². The summed E-state index contributed by atoms with van der Waals surface area (Å²) in [5, 5.41) is 12.8. The molecule has 0 spiro atoms. The van der Waals surface area contributed by atoms with Crippen molar-refractivity contribution in [3.63, 3.8) is 0 Å². The molecule has 0 radical (unpaired) electrons. The van der Waals surface area contributed by atoms with E-state index in [0.717, 1.165) is 0 Å². The van der Waals surface area contributed by atoms with Crippen LogP contribution in [0.4, 0.5) is 8.78 Å². The number of ketones is 2. The first kappa shape index (κ1) is 23.9. The fourth-order valence-electron chi connectivity index (χ4n) is 4.60. The van der Waals surface area contributed by atoms with Crippen LogP contribution >= 0.6 is 11.6 Å². The smallest absolute Gasteiger partial charge is 0.224 e. The summed E-state index contributed by atoms with van der Waals surface area (Å²) in [4.78, 5) is 38.0. The van der Waals surface area contributed by atoms with Crippen molar-refractivity contribution in [2.75, 3.05) is 0 Å². The van der Waals surface area contributed by atoms with Crippen molar-refractivity contribution in [1.29, 1.82) is 0 Å². The van der Waals surface area contributed by atoms with E-state index in [1.807, 2.05) is 0 Å². The van der Waals surface area contributed by atoms with E-state index in [1.54, 1.807) is 16.7 Å². The summed E-state index contributed by atoms with van der Waals surface area (Å²) in [5.41, 5.74) is 1.12. The van der Waals surface area contributed by atoms with Crippen LogP contribution in [0.15, 0.2) is 42.6 Å². The number of carbonyl (C=O) groups excluding carboxylic acids is 3. The van der Waals surface area contributed by atoms with Crippen LogP contribution in [0, 0.1) is 17.7 Å². The van der Waals surface area contributed by atoms with Crippen molar-refractivity contribution in [2.45, 2.75) is 39.0 Å². The number of amides is 1. The molecule has 4 rings (SSSR count). The lowest BCUT2D eigenvalue weighted by Crippen LogP contribution is -2.36. The van der Waals surface area contributed by atoms with Gasteiger partial charge in [0.1, 0.15) is 17.7 Å². The minimum atomic E-state index is -1.31. The van der Waals surface area contributed by atoms with E-state index >= 15 is 0 Å². The predicted molar refractivity (Wildman–Crippen MR) is 123 cm³/mol. The van der Waals surface area contributed by atoms with Gasteiger partial charge >= 0.3 is 0 Å². The van der Waals surface area contributed by atoms with Crippen LogP contribution in [0.1, 0.15) is 35.7 Å². The molecule has 0 saturated heterocycles. The third kappa shape index (κ3) is 4.68. The quantitative estimate of drug-likeness (QED) is 0.476. The molecule has 1 unspecified atom stereocenters. The van der Waals surface area contributed by atoms with E-state index in [9.17, 15) is 28.3 Å². The molecule has 1 fully saturated rings. The number of rotatable bonds is 7. The van der Waals surface area contributed by atoms with Crippen LogP contribution in [0.25, 0.3) is 10.9 Å². The molecule has 1 amide bonds. The Morgan fingerprint density at radius 2 is 1.91 bits per heavy atom. The lowest BCUT2D eigenvalue weighted by molar-refractivity contribution is -0.132. The number of hydrogen-bond acceptors (Lipinski definition) is 4. The Hall–Kier alpha value is -3.26. The zero-order valence-corrected chi connectivity index (χ0v) is 19.1. The van der Waals surface area contributed by atoms with Crippen molar-refractivity contribution in [3.05, 3.63) is 64.6 Å². The maximum Gasteiger partial charge on any atom is 0.224 e. The maximum atomic E-state index is 14.3. The number of nitrogens with one attached hydrogen (secondary N) is 1. The molecule has 1 aliphatic rings. The van der Waals surface area contributed by atoms with Gasteiger partial charge in [0.15, 0.2) is 11.6 Å². The first-order chi connectivity index (χ1) is 16.2. The minimum absolute atomic E-state index is 0.0111. The highest BCUT2D eigenvalue weighted by Gasteiger charge is 2.42. The third-order valence-electron chi connectivity index (χ3n) is 6.31. The number of aromatic nitrogens is 1. The maximum absolute atomic E-state index is 14.3. The Morgan fingerprint density at radius 1 is 1.18 bits per heavy atom. The van der Waals surface area contributed by atoms with Gasteiger partial charge in [-0.25, -0.2) is 8.78 Å². The second-order valence-corrected chi connectivity index (χ2v) is 9.01. The molecular weight excluding hydrogens is 466 g/mol. The summed E-state index contributed by atoms with van der Waals surface area (Å²) in [6.07, 6.45) is 0.0449. The van der Waals surface area contributed by atoms with Crippen molar-refractivity contribution < 1.29 is 28.3 Å². The SMILES string of the molecule is CC(=O)c1cn(CC(=O)C2C[C@H](F)C[C@H]2C(=O)NCc2cccc(Cl)c2F)c2ccc(O)cc12. The third-order valence-corrected chi connectivity index (χ3v) is 6.60. The summed E-state index contributed by atoms with van der Waals surface area (Å²) in [7, 11) is 0. The van der Waals surface area contributed by atoms with Crippen LogP contribution in [0.2, 0.25) is 5.02 Å². The molecule has 6 nitrogen and oxygen atoms in total. The summed E-state index contributed by atoms with van der Waals surface area (Å²) in [6.45, 7) is 1.10. The number of benzene rings is 2. The zero-order chi connectivity index (χ0) is 24.6. The number of hydrogen-bond donors (Lipinski definition) is 2. The molecule has 2 N–H and O–H groups in total. The molecule has 3 aromatic rings. The van der Waals surface area contributed by atoms with Crippen LogP contribution in [0.5, 0.6) is 5.75 Å². The van der Waals surface area contributed by atoms with Gasteiger partial charge in [-0.05, 0) is 44.0 Å². The Balaban J connectivity index is 1.51. The Labute approximate surface area is 199 Å². The number of Topliss-reactive ketones (excluding diaryl/α,β-unsaturated/α-hetero) is 2.